The zero-order valence-corrected chi connectivity index (χ0v) is 35.3. The molecule has 0 atom stereocenters. The van der Waals surface area contributed by atoms with Crippen LogP contribution in [0.25, 0.3) is 82.4 Å². The molecule has 10 aromatic carbocycles. The average Bonchev–Trinajstić information content (AvgIpc) is 3.65. The summed E-state index contributed by atoms with van der Waals surface area (Å²) in [6, 6.07) is 82.1. The first-order valence-corrected chi connectivity index (χ1v) is 21.6. The van der Waals surface area contributed by atoms with E-state index >= 15 is 0 Å². The number of rotatable bonds is 7. The molecule has 0 spiro atoms. The van der Waals surface area contributed by atoms with Gasteiger partial charge in [0.05, 0.1) is 11.0 Å². The standard InChI is InChI=1S/C60H46N2/c1-60(2,3)54-27-15-17-29-57(54)61(46-35-30-41(31-36-46)44-34-39-56-53(40-44)48-22-14-16-28-55(48)62(56)45-20-8-5-9-21-45)47-37-32-43(33-38-47)59-51-25-12-10-23-49(51)58(42-18-6-4-7-19-42)50-24-11-13-26-52(50)59/h4-40H,1-3H3. The van der Waals surface area contributed by atoms with E-state index in [0.29, 0.717) is 0 Å². The Bertz CT molecular complexity index is 3350. The lowest BCUT2D eigenvalue weighted by Crippen LogP contribution is -2.19. The third-order valence-corrected chi connectivity index (χ3v) is 12.5. The molecule has 0 aliphatic heterocycles. The first-order chi connectivity index (χ1) is 30.4. The maximum Gasteiger partial charge on any atom is 0.0541 e. The fourth-order valence-corrected chi connectivity index (χ4v) is 9.67. The highest BCUT2D eigenvalue weighted by atomic mass is 15.1. The van der Waals surface area contributed by atoms with Crippen LogP contribution in [-0.2, 0) is 5.41 Å². The predicted molar refractivity (Wildman–Crippen MR) is 265 cm³/mol. The van der Waals surface area contributed by atoms with E-state index in [0.717, 1.165) is 11.4 Å². The van der Waals surface area contributed by atoms with Gasteiger partial charge in [-0.25, -0.2) is 0 Å². The second-order valence-corrected chi connectivity index (χ2v) is 17.3. The van der Waals surface area contributed by atoms with Gasteiger partial charge in [0.15, 0.2) is 0 Å². The van der Waals surface area contributed by atoms with E-state index in [9.17, 15) is 0 Å². The summed E-state index contributed by atoms with van der Waals surface area (Å²) >= 11 is 0. The van der Waals surface area contributed by atoms with E-state index < -0.39 is 0 Å². The molecule has 0 radical (unpaired) electrons. The van der Waals surface area contributed by atoms with Crippen LogP contribution in [-0.4, -0.2) is 4.57 Å². The second-order valence-electron chi connectivity index (χ2n) is 17.3. The van der Waals surface area contributed by atoms with E-state index in [1.807, 2.05) is 0 Å². The maximum atomic E-state index is 2.43. The molecule has 11 aromatic rings. The highest BCUT2D eigenvalue weighted by molar-refractivity contribution is 6.21. The predicted octanol–water partition coefficient (Wildman–Crippen LogP) is 16.9. The van der Waals surface area contributed by atoms with Gasteiger partial charge in [0.2, 0.25) is 0 Å². The van der Waals surface area contributed by atoms with Crippen LogP contribution in [0.5, 0.6) is 0 Å². The summed E-state index contributed by atoms with van der Waals surface area (Å²) in [4.78, 5) is 2.43. The Morgan fingerprint density at radius 2 is 0.774 bits per heavy atom. The van der Waals surface area contributed by atoms with Gasteiger partial charge in [0.25, 0.3) is 0 Å². The molecule has 2 nitrogen and oxygen atoms in total. The molecule has 0 aliphatic rings. The van der Waals surface area contributed by atoms with Crippen LogP contribution in [0.15, 0.2) is 224 Å². The lowest BCUT2D eigenvalue weighted by Gasteiger charge is -2.32. The van der Waals surface area contributed by atoms with Crippen molar-refractivity contribution in [3.05, 3.63) is 230 Å². The quantitative estimate of drug-likeness (QED) is 0.146. The van der Waals surface area contributed by atoms with Gasteiger partial charge < -0.3 is 9.47 Å². The molecule has 0 fully saturated rings. The zero-order chi connectivity index (χ0) is 41.8. The van der Waals surface area contributed by atoms with Crippen molar-refractivity contribution in [1.82, 2.24) is 4.57 Å². The highest BCUT2D eigenvalue weighted by Crippen LogP contribution is 2.46. The van der Waals surface area contributed by atoms with Gasteiger partial charge in [-0.2, -0.15) is 0 Å². The van der Waals surface area contributed by atoms with E-state index in [2.05, 4.69) is 255 Å². The van der Waals surface area contributed by atoms with Crippen LogP contribution in [0.4, 0.5) is 17.1 Å². The fraction of sp³-hybridized carbons (Fsp3) is 0.0667. The number of anilines is 3. The fourth-order valence-electron chi connectivity index (χ4n) is 9.67. The van der Waals surface area contributed by atoms with E-state index in [1.54, 1.807) is 0 Å². The van der Waals surface area contributed by atoms with Gasteiger partial charge in [-0.1, -0.05) is 185 Å². The molecule has 296 valence electrons. The Kier molecular flexibility index (Phi) is 9.09. The van der Waals surface area contributed by atoms with Gasteiger partial charge in [0, 0.05) is 33.5 Å². The van der Waals surface area contributed by atoms with Crippen LogP contribution >= 0.6 is 0 Å². The summed E-state index contributed by atoms with van der Waals surface area (Å²) in [5.74, 6) is 0. The summed E-state index contributed by atoms with van der Waals surface area (Å²) in [6.45, 7) is 6.91. The first-order valence-electron chi connectivity index (χ1n) is 21.6. The minimum atomic E-state index is -0.0681. The van der Waals surface area contributed by atoms with Gasteiger partial charge in [-0.05, 0) is 127 Å². The van der Waals surface area contributed by atoms with E-state index in [1.165, 1.54) is 93.7 Å². The van der Waals surface area contributed by atoms with Crippen molar-refractivity contribution in [3.63, 3.8) is 0 Å². The van der Waals surface area contributed by atoms with E-state index in [-0.39, 0.29) is 5.41 Å². The van der Waals surface area contributed by atoms with Gasteiger partial charge in [0.1, 0.15) is 0 Å². The molecule has 0 saturated heterocycles. The molecule has 62 heavy (non-hydrogen) atoms. The van der Waals surface area contributed by atoms with Crippen molar-refractivity contribution in [1.29, 1.82) is 0 Å². The molecule has 0 bridgehead atoms. The lowest BCUT2D eigenvalue weighted by atomic mass is 9.85. The summed E-state index contributed by atoms with van der Waals surface area (Å²) in [6.07, 6.45) is 0. The molecule has 0 saturated carbocycles. The normalized spacial score (nSPS) is 11.8. The number of fused-ring (bicyclic) bond motifs is 5. The van der Waals surface area contributed by atoms with E-state index in [4.69, 9.17) is 0 Å². The minimum Gasteiger partial charge on any atom is -0.310 e. The molecule has 0 unspecified atom stereocenters. The summed E-state index contributed by atoms with van der Waals surface area (Å²) in [7, 11) is 0. The van der Waals surface area contributed by atoms with Crippen molar-refractivity contribution < 1.29 is 0 Å². The molecule has 1 heterocycles. The van der Waals surface area contributed by atoms with Crippen molar-refractivity contribution in [2.24, 2.45) is 0 Å². The van der Waals surface area contributed by atoms with Crippen LogP contribution in [0.2, 0.25) is 0 Å². The summed E-state index contributed by atoms with van der Waals surface area (Å²) < 4.78 is 2.37. The molecule has 1 aromatic heterocycles. The Labute approximate surface area is 363 Å². The smallest absolute Gasteiger partial charge is 0.0541 e. The van der Waals surface area contributed by atoms with Crippen molar-refractivity contribution in [3.8, 4) is 39.1 Å². The Balaban J connectivity index is 1.03. The Hall–Kier alpha value is -7.68. The molecule has 0 N–H and O–H groups in total. The van der Waals surface area contributed by atoms with Crippen LogP contribution in [0, 0.1) is 0 Å². The molecular formula is C60H46N2. The van der Waals surface area contributed by atoms with Crippen molar-refractivity contribution in [2.45, 2.75) is 26.2 Å². The largest absolute Gasteiger partial charge is 0.310 e. The summed E-state index contributed by atoms with van der Waals surface area (Å²) in [5, 5.41) is 7.54. The van der Waals surface area contributed by atoms with Gasteiger partial charge >= 0.3 is 0 Å². The molecule has 11 rings (SSSR count). The van der Waals surface area contributed by atoms with Crippen LogP contribution in [0.3, 0.4) is 0 Å². The highest BCUT2D eigenvalue weighted by Gasteiger charge is 2.24. The number of aromatic nitrogens is 1. The molecule has 2 heteroatoms. The first kappa shape index (κ1) is 37.3. The number of benzene rings is 10. The Morgan fingerprint density at radius 3 is 1.35 bits per heavy atom. The second kappa shape index (κ2) is 15.1. The average molecular weight is 795 g/mol. The van der Waals surface area contributed by atoms with Crippen molar-refractivity contribution in [2.75, 3.05) is 4.90 Å². The van der Waals surface area contributed by atoms with Gasteiger partial charge in [-0.15, -0.1) is 0 Å². The van der Waals surface area contributed by atoms with Gasteiger partial charge in [-0.3, -0.25) is 0 Å². The summed E-state index contributed by atoms with van der Waals surface area (Å²) in [5.41, 5.74) is 15.6. The lowest BCUT2D eigenvalue weighted by molar-refractivity contribution is 0.591. The van der Waals surface area contributed by atoms with Crippen LogP contribution in [0.1, 0.15) is 26.3 Å². The molecule has 0 aliphatic carbocycles. The zero-order valence-electron chi connectivity index (χ0n) is 35.3. The maximum absolute atomic E-state index is 2.43. The Morgan fingerprint density at radius 1 is 0.339 bits per heavy atom. The minimum absolute atomic E-state index is 0.0681. The van der Waals surface area contributed by atoms with Crippen molar-refractivity contribution >= 4 is 60.4 Å². The monoisotopic (exact) mass is 794 g/mol. The third kappa shape index (κ3) is 6.35. The van der Waals surface area contributed by atoms with Crippen LogP contribution < -0.4 is 4.90 Å². The topological polar surface area (TPSA) is 8.17 Å². The SMILES string of the molecule is CC(C)(C)c1ccccc1N(c1ccc(-c2ccc3c(c2)c2ccccc2n3-c2ccccc2)cc1)c1ccc(-c2c3ccccc3c(-c3ccccc3)c3ccccc23)cc1. The molecule has 0 amide bonds. The third-order valence-electron chi connectivity index (χ3n) is 12.5. The molecular weight excluding hydrogens is 749 g/mol. The number of para-hydroxylation sites is 3. The number of hydrogen-bond donors (Lipinski definition) is 0. The number of hydrogen-bond acceptors (Lipinski definition) is 1. The number of nitrogens with zero attached hydrogens (tertiary/aromatic N) is 2.